The largest absolute Gasteiger partial charge is 0.380 e. The molecule has 0 bridgehead atoms. The molecular weight excluding hydrogens is 210 g/mol. The molecule has 1 N–H and O–H groups in total. The van der Waals surface area contributed by atoms with Crippen molar-refractivity contribution in [2.75, 3.05) is 19.8 Å². The van der Waals surface area contributed by atoms with E-state index in [4.69, 9.17) is 4.74 Å². The normalized spacial score (nSPS) is 29.1. The Bertz CT molecular complexity index is 195. The van der Waals surface area contributed by atoms with E-state index in [0.717, 1.165) is 25.0 Å². The van der Waals surface area contributed by atoms with Gasteiger partial charge < -0.3 is 10.1 Å². The molecule has 2 atom stereocenters. The van der Waals surface area contributed by atoms with E-state index < -0.39 is 0 Å². The highest BCUT2D eigenvalue weighted by atomic mass is 16.5. The molecule has 1 saturated heterocycles. The van der Waals surface area contributed by atoms with Crippen LogP contribution < -0.4 is 5.32 Å². The number of nitrogens with one attached hydrogen (secondary N) is 1. The average molecular weight is 239 g/mol. The van der Waals surface area contributed by atoms with E-state index in [-0.39, 0.29) is 0 Å². The molecule has 0 aromatic heterocycles. The van der Waals surface area contributed by atoms with Crippen molar-refractivity contribution in [2.24, 2.45) is 11.8 Å². The molecule has 0 aromatic rings. The van der Waals surface area contributed by atoms with Crippen molar-refractivity contribution in [3.8, 4) is 0 Å². The molecule has 1 aliphatic carbocycles. The van der Waals surface area contributed by atoms with Crippen LogP contribution in [0, 0.1) is 11.8 Å². The van der Waals surface area contributed by atoms with Crippen LogP contribution in [-0.2, 0) is 4.74 Å². The summed E-state index contributed by atoms with van der Waals surface area (Å²) in [5.41, 5.74) is 0. The van der Waals surface area contributed by atoms with Gasteiger partial charge in [-0.05, 0) is 31.2 Å². The summed E-state index contributed by atoms with van der Waals surface area (Å²) in [6, 6.07) is 0.627. The summed E-state index contributed by atoms with van der Waals surface area (Å²) in [5, 5.41) is 3.55. The molecule has 0 radical (unpaired) electrons. The van der Waals surface area contributed by atoms with Crippen molar-refractivity contribution in [3.63, 3.8) is 0 Å². The van der Waals surface area contributed by atoms with Crippen molar-refractivity contribution in [3.05, 3.63) is 0 Å². The number of ether oxygens (including phenoxy) is 1. The van der Waals surface area contributed by atoms with E-state index in [1.807, 2.05) is 0 Å². The van der Waals surface area contributed by atoms with E-state index in [2.05, 4.69) is 12.2 Å². The van der Waals surface area contributed by atoms with Gasteiger partial charge in [0, 0.05) is 12.6 Å². The fraction of sp³-hybridized carbons (Fsp3) is 1.00. The van der Waals surface area contributed by atoms with Crippen LogP contribution in [0.3, 0.4) is 0 Å². The lowest BCUT2D eigenvalue weighted by molar-refractivity contribution is 0.0559. The number of hydrogen-bond donors (Lipinski definition) is 1. The molecule has 0 spiro atoms. The summed E-state index contributed by atoms with van der Waals surface area (Å²) in [5.74, 6) is 1.70. The molecule has 0 aromatic carbocycles. The standard InChI is InChI=1S/C15H29NO/c1-13(14-7-3-2-4-8-14)11-17-12-15-9-5-6-10-16-15/h13-16H,2-12H2,1H3. The minimum Gasteiger partial charge on any atom is -0.380 e. The first kappa shape index (κ1) is 13.4. The molecule has 17 heavy (non-hydrogen) atoms. The lowest BCUT2D eigenvalue weighted by Gasteiger charge is -2.29. The fourth-order valence-corrected chi connectivity index (χ4v) is 3.30. The molecule has 2 rings (SSSR count). The van der Waals surface area contributed by atoms with Gasteiger partial charge in [-0.3, -0.25) is 0 Å². The van der Waals surface area contributed by atoms with Gasteiger partial charge in [0.25, 0.3) is 0 Å². The molecule has 2 nitrogen and oxygen atoms in total. The predicted molar refractivity (Wildman–Crippen MR) is 72.2 cm³/mol. The molecule has 2 aliphatic rings. The summed E-state index contributed by atoms with van der Waals surface area (Å²) in [6.07, 6.45) is 11.2. The van der Waals surface area contributed by atoms with Gasteiger partial charge in [0.2, 0.25) is 0 Å². The van der Waals surface area contributed by atoms with Crippen molar-refractivity contribution in [1.29, 1.82) is 0 Å². The topological polar surface area (TPSA) is 21.3 Å². The summed E-state index contributed by atoms with van der Waals surface area (Å²) in [4.78, 5) is 0. The smallest absolute Gasteiger partial charge is 0.0619 e. The van der Waals surface area contributed by atoms with Crippen LogP contribution in [-0.4, -0.2) is 25.8 Å². The van der Waals surface area contributed by atoms with Gasteiger partial charge in [-0.15, -0.1) is 0 Å². The molecule has 100 valence electrons. The zero-order valence-corrected chi connectivity index (χ0v) is 11.4. The second-order valence-electron chi connectivity index (χ2n) is 6.06. The SMILES string of the molecule is CC(COCC1CCCCN1)C1CCCCC1. The van der Waals surface area contributed by atoms with Crippen molar-refractivity contribution >= 4 is 0 Å². The molecule has 1 saturated carbocycles. The average Bonchev–Trinajstić information content (AvgIpc) is 2.41. The van der Waals surface area contributed by atoms with E-state index in [1.165, 1.54) is 57.9 Å². The Morgan fingerprint density at radius 2 is 1.82 bits per heavy atom. The van der Waals surface area contributed by atoms with Crippen LogP contribution in [0.2, 0.25) is 0 Å². The summed E-state index contributed by atoms with van der Waals surface area (Å²) in [7, 11) is 0. The first-order valence-corrected chi connectivity index (χ1v) is 7.67. The van der Waals surface area contributed by atoms with Crippen LogP contribution >= 0.6 is 0 Å². The highest BCUT2D eigenvalue weighted by molar-refractivity contribution is 4.73. The Morgan fingerprint density at radius 1 is 1.06 bits per heavy atom. The first-order valence-electron chi connectivity index (χ1n) is 7.67. The fourth-order valence-electron chi connectivity index (χ4n) is 3.30. The van der Waals surface area contributed by atoms with E-state index in [0.29, 0.717) is 6.04 Å². The third kappa shape index (κ3) is 4.59. The Hall–Kier alpha value is -0.0800. The van der Waals surface area contributed by atoms with Crippen molar-refractivity contribution in [1.82, 2.24) is 5.32 Å². The maximum atomic E-state index is 5.93. The van der Waals surface area contributed by atoms with Crippen LogP contribution in [0.5, 0.6) is 0 Å². The Morgan fingerprint density at radius 3 is 2.53 bits per heavy atom. The lowest BCUT2D eigenvalue weighted by atomic mass is 9.81. The lowest BCUT2D eigenvalue weighted by Crippen LogP contribution is -2.38. The summed E-state index contributed by atoms with van der Waals surface area (Å²) >= 11 is 0. The number of hydrogen-bond acceptors (Lipinski definition) is 2. The molecule has 1 heterocycles. The number of piperidine rings is 1. The molecule has 2 heteroatoms. The summed E-state index contributed by atoms with van der Waals surface area (Å²) in [6.45, 7) is 5.47. The van der Waals surface area contributed by atoms with E-state index in [9.17, 15) is 0 Å². The molecule has 1 aliphatic heterocycles. The second kappa shape index (κ2) is 7.38. The highest BCUT2D eigenvalue weighted by Gasteiger charge is 2.20. The van der Waals surface area contributed by atoms with Crippen LogP contribution in [0.15, 0.2) is 0 Å². The Kier molecular flexibility index (Phi) is 5.79. The van der Waals surface area contributed by atoms with E-state index >= 15 is 0 Å². The third-order valence-electron chi connectivity index (χ3n) is 4.57. The summed E-state index contributed by atoms with van der Waals surface area (Å²) < 4.78 is 5.93. The Labute approximate surface area is 107 Å². The monoisotopic (exact) mass is 239 g/mol. The minimum absolute atomic E-state index is 0.627. The second-order valence-corrected chi connectivity index (χ2v) is 6.06. The van der Waals surface area contributed by atoms with Crippen LogP contribution in [0.4, 0.5) is 0 Å². The van der Waals surface area contributed by atoms with Crippen LogP contribution in [0.25, 0.3) is 0 Å². The molecule has 2 fully saturated rings. The van der Waals surface area contributed by atoms with Crippen LogP contribution in [0.1, 0.15) is 58.3 Å². The number of rotatable bonds is 5. The van der Waals surface area contributed by atoms with Gasteiger partial charge in [-0.1, -0.05) is 45.4 Å². The zero-order valence-electron chi connectivity index (χ0n) is 11.4. The van der Waals surface area contributed by atoms with Gasteiger partial charge in [0.15, 0.2) is 0 Å². The molecule has 0 amide bonds. The highest BCUT2D eigenvalue weighted by Crippen LogP contribution is 2.29. The van der Waals surface area contributed by atoms with Crippen molar-refractivity contribution < 1.29 is 4.74 Å². The van der Waals surface area contributed by atoms with E-state index in [1.54, 1.807) is 0 Å². The predicted octanol–water partition coefficient (Wildman–Crippen LogP) is 3.36. The quantitative estimate of drug-likeness (QED) is 0.794. The van der Waals surface area contributed by atoms with Gasteiger partial charge in [-0.25, -0.2) is 0 Å². The van der Waals surface area contributed by atoms with Gasteiger partial charge in [0.05, 0.1) is 6.61 Å². The first-order chi connectivity index (χ1) is 8.36. The zero-order chi connectivity index (χ0) is 11.9. The maximum absolute atomic E-state index is 5.93. The minimum atomic E-state index is 0.627. The van der Waals surface area contributed by atoms with Gasteiger partial charge >= 0.3 is 0 Å². The third-order valence-corrected chi connectivity index (χ3v) is 4.57. The molecule has 2 unspecified atom stereocenters. The molecular formula is C15H29NO. The Balaban J connectivity index is 1.57. The maximum Gasteiger partial charge on any atom is 0.0619 e. The van der Waals surface area contributed by atoms with Gasteiger partial charge in [0.1, 0.15) is 0 Å². The van der Waals surface area contributed by atoms with Crippen molar-refractivity contribution in [2.45, 2.75) is 64.3 Å². The van der Waals surface area contributed by atoms with Gasteiger partial charge in [-0.2, -0.15) is 0 Å².